The summed E-state index contributed by atoms with van der Waals surface area (Å²) in [4.78, 5) is 11.7. The smallest absolute Gasteiger partial charge is 0.237 e. The minimum absolute atomic E-state index is 0.0931. The van der Waals surface area contributed by atoms with E-state index in [1.54, 1.807) is 19.2 Å². The number of nitrogens with two attached hydrogens (primary N) is 1. The molecular formula is C13H20N2O4S. The van der Waals surface area contributed by atoms with Gasteiger partial charge >= 0.3 is 0 Å². The molecule has 0 aliphatic rings. The molecule has 6 nitrogen and oxygen atoms in total. The third-order valence-corrected chi connectivity index (χ3v) is 3.74. The van der Waals surface area contributed by atoms with Gasteiger partial charge in [0.2, 0.25) is 5.91 Å². The monoisotopic (exact) mass is 300 g/mol. The number of benzene rings is 1. The van der Waals surface area contributed by atoms with Gasteiger partial charge in [-0.25, -0.2) is 8.42 Å². The molecule has 20 heavy (non-hydrogen) atoms. The Morgan fingerprint density at radius 1 is 1.35 bits per heavy atom. The molecule has 0 aromatic heterocycles. The average molecular weight is 300 g/mol. The summed E-state index contributed by atoms with van der Waals surface area (Å²) in [5.41, 5.74) is 6.55. The van der Waals surface area contributed by atoms with Crippen molar-refractivity contribution >= 4 is 15.7 Å². The number of carbonyl (C=O) groups excluding carboxylic acids is 1. The molecule has 1 aromatic carbocycles. The highest BCUT2D eigenvalue weighted by Gasteiger charge is 2.15. The molecule has 0 bridgehead atoms. The van der Waals surface area contributed by atoms with Crippen molar-refractivity contribution in [3.8, 4) is 5.75 Å². The van der Waals surface area contributed by atoms with Gasteiger partial charge in [-0.2, -0.15) is 0 Å². The van der Waals surface area contributed by atoms with Crippen LogP contribution in [0.2, 0.25) is 0 Å². The van der Waals surface area contributed by atoms with Gasteiger partial charge in [0.05, 0.1) is 18.9 Å². The number of methoxy groups -OCH3 is 1. The summed E-state index contributed by atoms with van der Waals surface area (Å²) >= 11 is 0. The molecule has 0 aliphatic heterocycles. The highest BCUT2D eigenvalue weighted by atomic mass is 32.2. The van der Waals surface area contributed by atoms with Gasteiger partial charge in [-0.05, 0) is 24.1 Å². The lowest BCUT2D eigenvalue weighted by Gasteiger charge is -2.12. The Kier molecular flexibility index (Phi) is 5.97. The van der Waals surface area contributed by atoms with E-state index >= 15 is 0 Å². The molecule has 1 aromatic rings. The van der Waals surface area contributed by atoms with Gasteiger partial charge in [-0.15, -0.1) is 0 Å². The SMILES string of the molecule is COc1ccc(CNC(=O)C(N)CCS(C)(=O)=O)cc1. The van der Waals surface area contributed by atoms with Crippen molar-refractivity contribution in [3.63, 3.8) is 0 Å². The number of hydrogen-bond donors (Lipinski definition) is 2. The zero-order valence-corrected chi connectivity index (χ0v) is 12.4. The topological polar surface area (TPSA) is 98.5 Å². The van der Waals surface area contributed by atoms with Crippen molar-refractivity contribution in [2.24, 2.45) is 5.73 Å². The highest BCUT2D eigenvalue weighted by Crippen LogP contribution is 2.10. The van der Waals surface area contributed by atoms with Gasteiger partial charge < -0.3 is 15.8 Å². The Balaban J connectivity index is 2.41. The summed E-state index contributed by atoms with van der Waals surface area (Å²) in [6.07, 6.45) is 1.24. The van der Waals surface area contributed by atoms with E-state index in [1.807, 2.05) is 12.1 Å². The van der Waals surface area contributed by atoms with E-state index in [2.05, 4.69) is 5.32 Å². The zero-order chi connectivity index (χ0) is 15.2. The van der Waals surface area contributed by atoms with Crippen LogP contribution in [0.5, 0.6) is 5.75 Å². The molecule has 112 valence electrons. The number of hydrogen-bond acceptors (Lipinski definition) is 5. The molecule has 0 radical (unpaired) electrons. The zero-order valence-electron chi connectivity index (χ0n) is 11.6. The first-order valence-corrected chi connectivity index (χ1v) is 8.22. The maximum atomic E-state index is 11.7. The number of ether oxygens (including phenoxy) is 1. The number of sulfone groups is 1. The third kappa shape index (κ3) is 6.03. The maximum absolute atomic E-state index is 11.7. The number of carbonyl (C=O) groups is 1. The minimum atomic E-state index is -3.10. The van der Waals surface area contributed by atoms with Crippen LogP contribution >= 0.6 is 0 Å². The van der Waals surface area contributed by atoms with E-state index in [4.69, 9.17) is 10.5 Å². The molecule has 1 amide bonds. The first kappa shape index (κ1) is 16.5. The van der Waals surface area contributed by atoms with Gasteiger partial charge in [0, 0.05) is 12.8 Å². The van der Waals surface area contributed by atoms with Crippen molar-refractivity contribution in [1.82, 2.24) is 5.32 Å². The van der Waals surface area contributed by atoms with Crippen molar-refractivity contribution in [2.45, 2.75) is 19.0 Å². The summed E-state index contributed by atoms with van der Waals surface area (Å²) in [5.74, 6) is 0.291. The Morgan fingerprint density at radius 3 is 2.45 bits per heavy atom. The van der Waals surface area contributed by atoms with Crippen LogP contribution in [0, 0.1) is 0 Å². The van der Waals surface area contributed by atoms with Crippen molar-refractivity contribution < 1.29 is 17.9 Å². The molecule has 7 heteroatoms. The maximum Gasteiger partial charge on any atom is 0.237 e. The number of amides is 1. The van der Waals surface area contributed by atoms with Gasteiger partial charge in [0.25, 0.3) is 0 Å². The second-order valence-corrected chi connectivity index (χ2v) is 6.85. The standard InChI is InChI=1S/C13H20N2O4S/c1-19-11-5-3-10(4-6-11)9-15-13(16)12(14)7-8-20(2,17)18/h3-6,12H,7-9,14H2,1-2H3,(H,15,16). The molecule has 0 spiro atoms. The van der Waals surface area contributed by atoms with E-state index in [1.165, 1.54) is 0 Å². The second kappa shape index (κ2) is 7.25. The Bertz CT molecular complexity index is 540. The minimum Gasteiger partial charge on any atom is -0.497 e. The van der Waals surface area contributed by atoms with E-state index in [0.29, 0.717) is 6.54 Å². The highest BCUT2D eigenvalue weighted by molar-refractivity contribution is 7.90. The summed E-state index contributed by atoms with van der Waals surface area (Å²) in [6.45, 7) is 0.343. The average Bonchev–Trinajstić information content (AvgIpc) is 2.41. The third-order valence-electron chi connectivity index (χ3n) is 2.76. The number of rotatable bonds is 7. The normalized spacial score (nSPS) is 12.8. The molecule has 0 saturated carbocycles. The second-order valence-electron chi connectivity index (χ2n) is 4.59. The van der Waals surface area contributed by atoms with Crippen LogP contribution in [0.4, 0.5) is 0 Å². The molecule has 0 aliphatic carbocycles. The fourth-order valence-corrected chi connectivity index (χ4v) is 2.22. The van der Waals surface area contributed by atoms with Gasteiger partial charge in [-0.1, -0.05) is 12.1 Å². The van der Waals surface area contributed by atoms with Crippen LogP contribution in [0.3, 0.4) is 0 Å². The fourth-order valence-electron chi connectivity index (χ4n) is 1.54. The summed E-state index contributed by atoms with van der Waals surface area (Å²) < 4.78 is 27.0. The van der Waals surface area contributed by atoms with E-state index in [9.17, 15) is 13.2 Å². The lowest BCUT2D eigenvalue weighted by Crippen LogP contribution is -2.41. The molecule has 1 unspecified atom stereocenters. The molecule has 0 fully saturated rings. The van der Waals surface area contributed by atoms with Crippen molar-refractivity contribution in [2.75, 3.05) is 19.1 Å². The molecule has 3 N–H and O–H groups in total. The molecule has 1 rings (SSSR count). The predicted octanol–water partition coefficient (Wildman–Crippen LogP) is 0.0734. The largest absolute Gasteiger partial charge is 0.497 e. The Labute approximate surface area is 119 Å². The van der Waals surface area contributed by atoms with Crippen LogP contribution < -0.4 is 15.8 Å². The number of nitrogens with one attached hydrogen (secondary N) is 1. The molecule has 1 atom stereocenters. The van der Waals surface area contributed by atoms with E-state index in [0.717, 1.165) is 17.6 Å². The fraction of sp³-hybridized carbons (Fsp3) is 0.462. The molecule has 0 saturated heterocycles. The van der Waals surface area contributed by atoms with Crippen molar-refractivity contribution in [1.29, 1.82) is 0 Å². The van der Waals surface area contributed by atoms with E-state index in [-0.39, 0.29) is 18.1 Å². The molecular weight excluding hydrogens is 280 g/mol. The quantitative estimate of drug-likeness (QED) is 0.742. The summed E-state index contributed by atoms with van der Waals surface area (Å²) in [6, 6.07) is 6.45. The van der Waals surface area contributed by atoms with Crippen LogP contribution in [0.25, 0.3) is 0 Å². The lowest BCUT2D eigenvalue weighted by molar-refractivity contribution is -0.122. The van der Waals surface area contributed by atoms with Gasteiger partial charge in [-0.3, -0.25) is 4.79 Å². The lowest BCUT2D eigenvalue weighted by atomic mass is 10.2. The summed E-state index contributed by atoms with van der Waals surface area (Å²) in [5, 5.41) is 2.67. The Morgan fingerprint density at radius 2 is 1.95 bits per heavy atom. The van der Waals surface area contributed by atoms with Gasteiger partial charge in [0.1, 0.15) is 15.6 Å². The van der Waals surface area contributed by atoms with Crippen LogP contribution in [0.1, 0.15) is 12.0 Å². The van der Waals surface area contributed by atoms with Crippen LogP contribution in [-0.2, 0) is 21.2 Å². The Hall–Kier alpha value is -1.60. The first-order chi connectivity index (χ1) is 9.31. The van der Waals surface area contributed by atoms with Crippen LogP contribution in [0.15, 0.2) is 24.3 Å². The molecule has 0 heterocycles. The van der Waals surface area contributed by atoms with Gasteiger partial charge in [0.15, 0.2) is 0 Å². The van der Waals surface area contributed by atoms with Crippen molar-refractivity contribution in [3.05, 3.63) is 29.8 Å². The summed E-state index contributed by atoms with van der Waals surface area (Å²) in [7, 11) is -1.52. The van der Waals surface area contributed by atoms with Crippen LogP contribution in [-0.4, -0.2) is 39.5 Å². The van der Waals surface area contributed by atoms with E-state index < -0.39 is 15.9 Å². The predicted molar refractivity (Wildman–Crippen MR) is 77.1 cm³/mol. The first-order valence-electron chi connectivity index (χ1n) is 6.16.